The Morgan fingerprint density at radius 2 is 1.69 bits per heavy atom. The van der Waals surface area contributed by atoms with Crippen LogP contribution in [0.25, 0.3) is 0 Å². The van der Waals surface area contributed by atoms with Crippen LogP contribution < -0.4 is 19.7 Å². The van der Waals surface area contributed by atoms with Gasteiger partial charge >= 0.3 is 0 Å². The average molecular weight is 524 g/mol. The largest absolute Gasteiger partial charge is 0.496 e. The predicted octanol–water partition coefficient (Wildman–Crippen LogP) is 6.88. The lowest BCUT2D eigenvalue weighted by Crippen LogP contribution is -2.43. The Kier molecular flexibility index (Phi) is 6.94. The molecule has 0 aliphatic carbocycles. The van der Waals surface area contributed by atoms with Crippen LogP contribution in [0.15, 0.2) is 78.9 Å². The maximum Gasteiger partial charge on any atom is 0.272 e. The van der Waals surface area contributed by atoms with Crippen molar-refractivity contribution >= 4 is 23.0 Å². The molecule has 1 unspecified atom stereocenters. The summed E-state index contributed by atoms with van der Waals surface area (Å²) in [6.07, 6.45) is -0.472. The highest BCUT2D eigenvalue weighted by molar-refractivity contribution is 6.12. The van der Waals surface area contributed by atoms with Crippen LogP contribution in [-0.4, -0.2) is 17.9 Å². The van der Waals surface area contributed by atoms with E-state index in [1.165, 1.54) is 6.07 Å². The highest BCUT2D eigenvalue weighted by Crippen LogP contribution is 2.38. The van der Waals surface area contributed by atoms with Gasteiger partial charge in [0.2, 0.25) is 0 Å². The lowest BCUT2D eigenvalue weighted by Gasteiger charge is -2.38. The first-order valence-corrected chi connectivity index (χ1v) is 12.6. The summed E-state index contributed by atoms with van der Waals surface area (Å²) in [5.41, 5.74) is 6.51. The normalized spacial score (nSPS) is 14.4. The number of methoxy groups -OCH3 is 1. The third-order valence-electron chi connectivity index (χ3n) is 6.79. The number of nitrogens with one attached hydrogen (secondary N) is 1. The van der Waals surface area contributed by atoms with Crippen molar-refractivity contribution in [1.82, 2.24) is 0 Å². The zero-order chi connectivity index (χ0) is 27.7. The Morgan fingerprint density at radius 1 is 0.949 bits per heavy atom. The molecule has 8 heteroatoms. The maximum absolute atomic E-state index is 13.8. The van der Waals surface area contributed by atoms with E-state index in [0.29, 0.717) is 22.6 Å². The first kappa shape index (κ1) is 25.8. The Balaban J connectivity index is 1.52. The van der Waals surface area contributed by atoms with Crippen LogP contribution in [0, 0.1) is 30.9 Å². The van der Waals surface area contributed by atoms with Crippen LogP contribution in [0.2, 0.25) is 0 Å². The molecule has 4 aromatic carbocycles. The van der Waals surface area contributed by atoms with Gasteiger partial charge in [-0.2, -0.15) is 0 Å². The van der Waals surface area contributed by atoms with E-state index in [-0.39, 0.29) is 18.2 Å². The van der Waals surface area contributed by atoms with E-state index in [9.17, 15) is 14.9 Å². The minimum Gasteiger partial charge on any atom is -0.496 e. The molecule has 8 nitrogen and oxygen atoms in total. The van der Waals surface area contributed by atoms with Crippen molar-refractivity contribution in [2.75, 3.05) is 17.3 Å². The van der Waals surface area contributed by atoms with E-state index in [1.54, 1.807) is 31.1 Å². The molecular formula is C31H29N3O5. The summed E-state index contributed by atoms with van der Waals surface area (Å²) in [5.74, 6) is 1.06. The molecule has 0 radical (unpaired) electrons. The third kappa shape index (κ3) is 5.13. The summed E-state index contributed by atoms with van der Waals surface area (Å²) in [6.45, 7) is 5.89. The van der Waals surface area contributed by atoms with E-state index in [1.807, 2.05) is 68.4 Å². The molecule has 4 aromatic rings. The first-order chi connectivity index (χ1) is 18.7. The van der Waals surface area contributed by atoms with Crippen LogP contribution in [-0.2, 0) is 6.61 Å². The smallest absolute Gasteiger partial charge is 0.272 e. The van der Waals surface area contributed by atoms with Gasteiger partial charge in [0.15, 0.2) is 0 Å². The van der Waals surface area contributed by atoms with Crippen LogP contribution in [0.4, 0.5) is 17.1 Å². The molecule has 0 fully saturated rings. The number of ether oxygens (including phenoxy) is 2. The number of amides is 1. The molecule has 0 saturated heterocycles. The summed E-state index contributed by atoms with van der Waals surface area (Å²) in [7, 11) is 1.59. The molecule has 1 N–H and O–H groups in total. The number of hydrogen-bond acceptors (Lipinski definition) is 6. The standard InChI is InChI=1S/C31H29N3O5/c1-19-13-20(2)15-24(14-19)33-30(32-27-8-6-5-7-26(27)31(33)35)22-9-12-29(38-4)23(17-22)18-39-25-10-11-28(34(36)37)21(3)16-25/h5-17,30,32H,18H2,1-4H3. The van der Waals surface area contributed by atoms with Gasteiger partial charge in [-0.05, 0) is 86.0 Å². The summed E-state index contributed by atoms with van der Waals surface area (Å²) in [6, 6.07) is 24.0. The Hall–Kier alpha value is -4.85. The fourth-order valence-corrected chi connectivity index (χ4v) is 5.01. The number of fused-ring (bicyclic) bond motifs is 1. The number of benzene rings is 4. The van der Waals surface area contributed by atoms with Crippen LogP contribution in [0.1, 0.15) is 44.3 Å². The minimum atomic E-state index is -0.472. The monoisotopic (exact) mass is 523 g/mol. The van der Waals surface area contributed by atoms with Crippen molar-refractivity contribution in [3.8, 4) is 11.5 Å². The van der Waals surface area contributed by atoms with Crippen molar-refractivity contribution in [2.24, 2.45) is 0 Å². The molecule has 1 aliphatic rings. The zero-order valence-electron chi connectivity index (χ0n) is 22.2. The molecule has 0 aromatic heterocycles. The summed E-state index contributed by atoms with van der Waals surface area (Å²) in [5, 5.41) is 14.7. The van der Waals surface area contributed by atoms with Gasteiger partial charge in [0.25, 0.3) is 11.6 Å². The SMILES string of the molecule is COc1ccc(C2Nc3ccccc3C(=O)N2c2cc(C)cc(C)c2)cc1COc1ccc([N+](=O)[O-])c(C)c1. The Bertz CT molecular complexity index is 1560. The number of carbonyl (C=O) groups excluding carboxylic acids is 1. The van der Waals surface area contributed by atoms with Gasteiger partial charge in [0.05, 0.1) is 17.6 Å². The van der Waals surface area contributed by atoms with E-state index in [0.717, 1.165) is 33.6 Å². The lowest BCUT2D eigenvalue weighted by molar-refractivity contribution is -0.385. The number of nitrogens with zero attached hydrogens (tertiary/aromatic N) is 2. The number of aryl methyl sites for hydroxylation is 3. The number of para-hydroxylation sites is 1. The molecule has 39 heavy (non-hydrogen) atoms. The zero-order valence-corrected chi connectivity index (χ0v) is 22.2. The molecule has 1 amide bonds. The molecule has 198 valence electrons. The van der Waals surface area contributed by atoms with E-state index in [2.05, 4.69) is 11.4 Å². The molecule has 1 aliphatic heterocycles. The number of rotatable bonds is 7. The number of carbonyl (C=O) groups is 1. The molecule has 0 saturated carbocycles. The Morgan fingerprint density at radius 3 is 2.38 bits per heavy atom. The van der Waals surface area contributed by atoms with Crippen molar-refractivity contribution < 1.29 is 19.2 Å². The van der Waals surface area contributed by atoms with E-state index >= 15 is 0 Å². The van der Waals surface area contributed by atoms with Crippen LogP contribution in [0.5, 0.6) is 11.5 Å². The van der Waals surface area contributed by atoms with Gasteiger partial charge < -0.3 is 14.8 Å². The predicted molar refractivity (Wildman–Crippen MR) is 151 cm³/mol. The van der Waals surface area contributed by atoms with Gasteiger partial charge in [-0.15, -0.1) is 0 Å². The fraction of sp³-hybridized carbons (Fsp3) is 0.194. The summed E-state index contributed by atoms with van der Waals surface area (Å²) < 4.78 is 11.6. The highest BCUT2D eigenvalue weighted by Gasteiger charge is 2.34. The van der Waals surface area contributed by atoms with Gasteiger partial charge in [-0.1, -0.05) is 24.3 Å². The molecule has 0 bridgehead atoms. The number of hydrogen-bond donors (Lipinski definition) is 1. The topological polar surface area (TPSA) is 93.9 Å². The van der Waals surface area contributed by atoms with Gasteiger partial charge in [0.1, 0.15) is 24.3 Å². The minimum absolute atomic E-state index is 0.0433. The molecule has 5 rings (SSSR count). The van der Waals surface area contributed by atoms with Gasteiger partial charge in [-0.25, -0.2) is 0 Å². The van der Waals surface area contributed by atoms with E-state index < -0.39 is 11.1 Å². The third-order valence-corrected chi connectivity index (χ3v) is 6.79. The quantitative estimate of drug-likeness (QED) is 0.210. The van der Waals surface area contributed by atoms with Crippen molar-refractivity contribution in [3.63, 3.8) is 0 Å². The molecule has 0 spiro atoms. The molecule has 1 heterocycles. The lowest BCUT2D eigenvalue weighted by atomic mass is 10.00. The van der Waals surface area contributed by atoms with Crippen LogP contribution >= 0.6 is 0 Å². The second-order valence-corrected chi connectivity index (χ2v) is 9.68. The summed E-state index contributed by atoms with van der Waals surface area (Å²) in [4.78, 5) is 26.4. The highest BCUT2D eigenvalue weighted by atomic mass is 16.6. The van der Waals surface area contributed by atoms with Crippen LogP contribution in [0.3, 0.4) is 0 Å². The van der Waals surface area contributed by atoms with E-state index in [4.69, 9.17) is 9.47 Å². The van der Waals surface area contributed by atoms with Crippen molar-refractivity contribution in [1.29, 1.82) is 0 Å². The number of nitro benzene ring substituents is 1. The Labute approximate surface area is 227 Å². The van der Waals surface area contributed by atoms with Crippen molar-refractivity contribution in [3.05, 3.63) is 122 Å². The molecular weight excluding hydrogens is 494 g/mol. The second-order valence-electron chi connectivity index (χ2n) is 9.68. The molecule has 1 atom stereocenters. The first-order valence-electron chi connectivity index (χ1n) is 12.6. The average Bonchev–Trinajstić information content (AvgIpc) is 2.91. The van der Waals surface area contributed by atoms with Gasteiger partial charge in [0, 0.05) is 28.6 Å². The van der Waals surface area contributed by atoms with Gasteiger partial charge in [-0.3, -0.25) is 19.8 Å². The number of nitro groups is 1. The van der Waals surface area contributed by atoms with Crippen molar-refractivity contribution in [2.45, 2.75) is 33.5 Å². The second kappa shape index (κ2) is 10.5. The maximum atomic E-state index is 13.8. The number of anilines is 2. The fourth-order valence-electron chi connectivity index (χ4n) is 5.01. The summed E-state index contributed by atoms with van der Waals surface area (Å²) >= 11 is 0.